The van der Waals surface area contributed by atoms with E-state index in [1.807, 2.05) is 54.6 Å². The van der Waals surface area contributed by atoms with Crippen LogP contribution in [0, 0.1) is 5.92 Å². The molecule has 1 aromatic heterocycles. The number of piperidine rings is 3. The number of nitrogens with one attached hydrogen (secondary N) is 3. The lowest BCUT2D eigenvalue weighted by Crippen LogP contribution is -2.66. The number of phenolic OH excluding ortho intramolecular Hbond substituents is 1. The van der Waals surface area contributed by atoms with Gasteiger partial charge >= 0.3 is 5.97 Å². The van der Waals surface area contributed by atoms with Crippen LogP contribution in [0.2, 0.25) is 0 Å². The van der Waals surface area contributed by atoms with E-state index in [2.05, 4.69) is 20.5 Å². The Labute approximate surface area is 324 Å². The van der Waals surface area contributed by atoms with Crippen molar-refractivity contribution in [3.63, 3.8) is 0 Å². The van der Waals surface area contributed by atoms with Crippen LogP contribution in [-0.4, -0.2) is 88.2 Å². The van der Waals surface area contributed by atoms with Gasteiger partial charge in [0.25, 0.3) is 11.8 Å². The molecule has 4 fully saturated rings. The molecule has 0 spiro atoms. The number of hydrogen-bond acceptors (Lipinski definition) is 9. The van der Waals surface area contributed by atoms with Crippen LogP contribution >= 0.6 is 0 Å². The van der Waals surface area contributed by atoms with E-state index in [1.165, 1.54) is 12.1 Å². The average Bonchev–Trinajstić information content (AvgIpc) is 3.21. The summed E-state index contributed by atoms with van der Waals surface area (Å²) in [5, 5.41) is 27.6. The summed E-state index contributed by atoms with van der Waals surface area (Å²) < 4.78 is 6.20. The molecule has 0 aliphatic carbocycles. The molecule has 2 unspecified atom stereocenters. The van der Waals surface area contributed by atoms with Crippen LogP contribution in [0.4, 0.5) is 0 Å². The lowest BCUT2D eigenvalue weighted by atomic mass is 9.73. The number of esters is 1. The van der Waals surface area contributed by atoms with Gasteiger partial charge in [-0.3, -0.25) is 24.1 Å². The Bertz CT molecular complexity index is 2280. The molecule has 4 aliphatic rings. The SMILES string of the molecule is O=C(NCc1ccc(C(=O)N2CC(C(=O)OC3CN4CCC3CC4)(c3ccccc3)C2)cc1)c1ccc(CNCC(O)c2ccc(O)c3[nH]c(=O)ccc23)cc1. The third kappa shape index (κ3) is 7.55. The summed E-state index contributed by atoms with van der Waals surface area (Å²) in [5.41, 5.74) is 3.26. The molecule has 2 bridgehead atoms. The zero-order valence-corrected chi connectivity index (χ0v) is 30.9. The molecule has 4 saturated heterocycles. The lowest BCUT2D eigenvalue weighted by Gasteiger charge is -2.50. The van der Waals surface area contributed by atoms with Gasteiger partial charge in [0.15, 0.2) is 0 Å². The number of benzene rings is 4. The predicted molar refractivity (Wildman–Crippen MR) is 210 cm³/mol. The Morgan fingerprint density at radius 1 is 0.839 bits per heavy atom. The number of carbonyl (C=O) groups is 3. The van der Waals surface area contributed by atoms with Crippen molar-refractivity contribution in [2.24, 2.45) is 5.92 Å². The van der Waals surface area contributed by atoms with E-state index in [0.29, 0.717) is 34.5 Å². The molecular weight excluding hydrogens is 711 g/mol. The molecule has 56 heavy (non-hydrogen) atoms. The average molecular weight is 756 g/mol. The monoisotopic (exact) mass is 755 g/mol. The largest absolute Gasteiger partial charge is 0.506 e. The number of fused-ring (bicyclic) bond motifs is 4. The third-order valence-electron chi connectivity index (χ3n) is 11.6. The van der Waals surface area contributed by atoms with Gasteiger partial charge in [-0.1, -0.05) is 60.7 Å². The number of aromatic nitrogens is 1. The number of aromatic amines is 1. The number of nitrogens with zero attached hydrogens (tertiary/aromatic N) is 2. The van der Waals surface area contributed by atoms with Crippen LogP contribution < -0.4 is 16.2 Å². The highest BCUT2D eigenvalue weighted by atomic mass is 16.5. The number of hydrogen-bond donors (Lipinski definition) is 5. The van der Waals surface area contributed by atoms with Crippen molar-refractivity contribution >= 4 is 28.7 Å². The minimum atomic E-state index is -0.890. The Balaban J connectivity index is 0.814. The zero-order chi connectivity index (χ0) is 38.8. The quantitative estimate of drug-likeness (QED) is 0.118. The highest BCUT2D eigenvalue weighted by Crippen LogP contribution is 2.39. The van der Waals surface area contributed by atoms with Crippen LogP contribution in [-0.2, 0) is 28.0 Å². The number of rotatable bonds is 12. The zero-order valence-electron chi connectivity index (χ0n) is 30.9. The minimum absolute atomic E-state index is 0.0650. The molecule has 4 aromatic carbocycles. The standard InChI is InChI=1S/C44H45N5O7/c50-36-16-14-34(35-15-17-39(52)47-40(35)36)37(51)24-45-22-28-6-10-31(11-7-28)41(53)46-23-29-8-12-32(13-9-29)42(54)49-26-44(27-49,33-4-2-1-3-5-33)43(55)56-38-25-48-20-18-30(38)19-21-48/h1-17,30,37-38,45,50-51H,18-27H2,(H,46,53)(H,47,52). The summed E-state index contributed by atoms with van der Waals surface area (Å²) >= 11 is 0. The number of phenols is 1. The number of aliphatic hydroxyl groups is 1. The normalized spacial score (nSPS) is 20.2. The van der Waals surface area contributed by atoms with E-state index in [-0.39, 0.29) is 66.9 Å². The molecule has 0 saturated carbocycles. The molecule has 288 valence electrons. The highest BCUT2D eigenvalue weighted by molar-refractivity contribution is 5.98. The maximum absolute atomic E-state index is 13.8. The summed E-state index contributed by atoms with van der Waals surface area (Å²) in [6, 6.07) is 30.0. The second kappa shape index (κ2) is 15.7. The van der Waals surface area contributed by atoms with Gasteiger partial charge in [-0.25, -0.2) is 0 Å². The molecule has 5 heterocycles. The van der Waals surface area contributed by atoms with Crippen molar-refractivity contribution in [1.82, 2.24) is 25.4 Å². The Morgan fingerprint density at radius 3 is 2.20 bits per heavy atom. The molecule has 12 heteroatoms. The number of carbonyl (C=O) groups excluding carboxylic acids is 3. The number of likely N-dealkylation sites (tertiary alicyclic amines) is 1. The van der Waals surface area contributed by atoms with Crippen molar-refractivity contribution in [1.29, 1.82) is 0 Å². The van der Waals surface area contributed by atoms with E-state index in [9.17, 15) is 29.4 Å². The van der Waals surface area contributed by atoms with Crippen LogP contribution in [0.1, 0.15) is 61.9 Å². The molecule has 2 amide bonds. The Morgan fingerprint density at radius 2 is 1.52 bits per heavy atom. The van der Waals surface area contributed by atoms with E-state index in [4.69, 9.17) is 4.74 Å². The van der Waals surface area contributed by atoms with Crippen LogP contribution in [0.25, 0.3) is 10.9 Å². The first kappa shape index (κ1) is 37.1. The van der Waals surface area contributed by atoms with Crippen molar-refractivity contribution in [2.45, 2.75) is 43.6 Å². The smallest absolute Gasteiger partial charge is 0.320 e. The van der Waals surface area contributed by atoms with Gasteiger partial charge in [-0.05, 0) is 90.5 Å². The number of aromatic hydroxyl groups is 1. The fourth-order valence-electron chi connectivity index (χ4n) is 8.25. The van der Waals surface area contributed by atoms with E-state index in [1.54, 1.807) is 41.3 Å². The summed E-state index contributed by atoms with van der Waals surface area (Å²) in [5.74, 6) is -0.305. The topological polar surface area (TPSA) is 164 Å². The highest BCUT2D eigenvalue weighted by Gasteiger charge is 2.55. The maximum atomic E-state index is 13.8. The lowest BCUT2D eigenvalue weighted by molar-refractivity contribution is -0.171. The number of H-pyrrole nitrogens is 1. The number of aliphatic hydroxyl groups excluding tert-OH is 1. The van der Waals surface area contributed by atoms with Crippen molar-refractivity contribution in [2.75, 3.05) is 39.3 Å². The van der Waals surface area contributed by atoms with Crippen LogP contribution in [0.5, 0.6) is 5.75 Å². The van der Waals surface area contributed by atoms with Crippen LogP contribution in [0.15, 0.2) is 108 Å². The first-order valence-corrected chi connectivity index (χ1v) is 19.1. The van der Waals surface area contributed by atoms with Gasteiger partial charge in [-0.2, -0.15) is 0 Å². The summed E-state index contributed by atoms with van der Waals surface area (Å²) in [7, 11) is 0. The summed E-state index contributed by atoms with van der Waals surface area (Å²) in [6.07, 6.45) is 1.12. The van der Waals surface area contributed by atoms with E-state index < -0.39 is 11.5 Å². The number of pyridine rings is 1. The Kier molecular flexibility index (Phi) is 10.4. The summed E-state index contributed by atoms with van der Waals surface area (Å²) in [4.78, 5) is 58.7. The minimum Gasteiger partial charge on any atom is -0.506 e. The van der Waals surface area contributed by atoms with Crippen LogP contribution in [0.3, 0.4) is 0 Å². The fraction of sp³-hybridized carbons (Fsp3) is 0.318. The van der Waals surface area contributed by atoms with Gasteiger partial charge < -0.3 is 35.5 Å². The first-order chi connectivity index (χ1) is 27.2. The van der Waals surface area contributed by atoms with Gasteiger partial charge in [-0.15, -0.1) is 0 Å². The Hall–Kier alpha value is -5.82. The molecule has 5 aromatic rings. The van der Waals surface area contributed by atoms with E-state index >= 15 is 0 Å². The van der Waals surface area contributed by atoms with Gasteiger partial charge in [0, 0.05) is 61.8 Å². The van der Waals surface area contributed by atoms with Crippen molar-refractivity contribution < 1.29 is 29.3 Å². The first-order valence-electron chi connectivity index (χ1n) is 19.1. The third-order valence-corrected chi connectivity index (χ3v) is 11.6. The van der Waals surface area contributed by atoms with Crippen molar-refractivity contribution in [3.05, 3.63) is 147 Å². The van der Waals surface area contributed by atoms with Crippen molar-refractivity contribution in [3.8, 4) is 5.75 Å². The molecule has 9 rings (SSSR count). The predicted octanol–water partition coefficient (Wildman–Crippen LogP) is 4.02. The summed E-state index contributed by atoms with van der Waals surface area (Å²) in [6.45, 7) is 4.38. The molecule has 0 radical (unpaired) electrons. The molecule has 12 nitrogen and oxygen atoms in total. The molecule has 4 aliphatic heterocycles. The van der Waals surface area contributed by atoms with E-state index in [0.717, 1.165) is 49.2 Å². The fourth-order valence-corrected chi connectivity index (χ4v) is 8.25. The molecule has 2 atom stereocenters. The maximum Gasteiger partial charge on any atom is 0.320 e. The second-order valence-corrected chi connectivity index (χ2v) is 15.2. The molecular formula is C44H45N5O7. The van der Waals surface area contributed by atoms with Gasteiger partial charge in [0.05, 0.1) is 11.6 Å². The number of ether oxygens (including phenoxy) is 1. The molecule has 5 N–H and O–H groups in total. The van der Waals surface area contributed by atoms with Gasteiger partial charge in [0.1, 0.15) is 17.3 Å². The number of amides is 2. The second-order valence-electron chi connectivity index (χ2n) is 15.2. The van der Waals surface area contributed by atoms with Gasteiger partial charge in [0.2, 0.25) is 5.56 Å².